The number of nitrogens with two attached hydrogens (primary N) is 1. The van der Waals surface area contributed by atoms with Crippen molar-refractivity contribution in [3.8, 4) is 28.6 Å². The Balaban J connectivity index is 0.000000395. The normalized spacial score (nSPS) is 16.5. The SMILES string of the molecule is CC.CC(C)(C)C.CC1(C#N)CN(C=O)C1.COCC(c1ccc(Cl)c(-c2ncn[nH]2)c1)N1C(=O)C(c2ccc(-c3cnn(C(F)F)c3)cc2)N=C1N. The molecule has 0 bridgehead atoms. The minimum atomic E-state index is -2.72. The Kier molecular flexibility index (Phi) is 14.8. The van der Waals surface area contributed by atoms with Gasteiger partial charge >= 0.3 is 6.55 Å². The number of carbonyl (C=O) groups excluding carboxylic acids is 2. The van der Waals surface area contributed by atoms with Crippen molar-refractivity contribution in [1.29, 1.82) is 5.26 Å². The van der Waals surface area contributed by atoms with Crippen molar-refractivity contribution in [3.05, 3.63) is 77.3 Å². The van der Waals surface area contributed by atoms with Crippen molar-refractivity contribution in [2.24, 2.45) is 21.6 Å². The molecule has 284 valence electrons. The summed E-state index contributed by atoms with van der Waals surface area (Å²) >= 11 is 6.37. The van der Waals surface area contributed by atoms with E-state index in [1.54, 1.807) is 47.4 Å². The van der Waals surface area contributed by atoms with Crippen LogP contribution in [0.15, 0.2) is 66.2 Å². The molecule has 0 spiro atoms. The maximum atomic E-state index is 13.5. The number of benzene rings is 2. The molecule has 4 heterocycles. The van der Waals surface area contributed by atoms with Crippen molar-refractivity contribution in [2.45, 2.75) is 67.1 Å². The highest BCUT2D eigenvalue weighted by molar-refractivity contribution is 6.33. The third kappa shape index (κ3) is 11.1. The number of nitriles is 1. The van der Waals surface area contributed by atoms with Crippen LogP contribution in [0.5, 0.6) is 0 Å². The predicted molar refractivity (Wildman–Crippen MR) is 199 cm³/mol. The van der Waals surface area contributed by atoms with Crippen LogP contribution in [0.2, 0.25) is 5.02 Å². The largest absolute Gasteiger partial charge is 0.382 e. The van der Waals surface area contributed by atoms with E-state index in [4.69, 9.17) is 27.3 Å². The van der Waals surface area contributed by atoms with Gasteiger partial charge in [0.15, 0.2) is 17.8 Å². The van der Waals surface area contributed by atoms with Gasteiger partial charge < -0.3 is 15.4 Å². The van der Waals surface area contributed by atoms with Gasteiger partial charge in [0, 0.05) is 37.5 Å². The molecule has 3 N–H and O–H groups in total. The molecular weight excluding hydrogens is 706 g/mol. The lowest BCUT2D eigenvalue weighted by Gasteiger charge is -2.40. The second kappa shape index (κ2) is 18.5. The summed E-state index contributed by atoms with van der Waals surface area (Å²) in [5.74, 6) is 0.207. The Bertz CT molecular complexity index is 1860. The van der Waals surface area contributed by atoms with E-state index in [-0.39, 0.29) is 23.9 Å². The van der Waals surface area contributed by atoms with Gasteiger partial charge in [0.25, 0.3) is 5.91 Å². The summed E-state index contributed by atoms with van der Waals surface area (Å²) in [6, 6.07) is 12.9. The van der Waals surface area contributed by atoms with E-state index in [9.17, 15) is 18.4 Å². The number of aliphatic imine (C=N–C) groups is 1. The number of methoxy groups -OCH3 is 1. The lowest BCUT2D eigenvalue weighted by atomic mass is 9.84. The Morgan fingerprint density at radius 3 is 2.30 bits per heavy atom. The molecule has 1 fully saturated rings. The van der Waals surface area contributed by atoms with Crippen LogP contribution >= 0.6 is 11.6 Å². The van der Waals surface area contributed by atoms with Crippen LogP contribution in [0.25, 0.3) is 22.5 Å². The maximum Gasteiger partial charge on any atom is 0.333 e. The molecule has 0 saturated carbocycles. The third-order valence-corrected chi connectivity index (χ3v) is 7.88. The maximum absolute atomic E-state index is 13.5. The lowest BCUT2D eigenvalue weighted by Crippen LogP contribution is -2.52. The summed E-state index contributed by atoms with van der Waals surface area (Å²) in [7, 11) is 1.53. The molecule has 13 nitrogen and oxygen atoms in total. The van der Waals surface area contributed by atoms with Crippen LogP contribution in [0.3, 0.4) is 0 Å². The van der Waals surface area contributed by atoms with Gasteiger partial charge in [-0.1, -0.05) is 83.5 Å². The molecule has 2 aromatic heterocycles. The number of halogens is 3. The average Bonchev–Trinajstić information content (AvgIpc) is 3.88. The van der Waals surface area contributed by atoms with Crippen molar-refractivity contribution in [2.75, 3.05) is 26.8 Å². The van der Waals surface area contributed by atoms with Gasteiger partial charge in [-0.3, -0.25) is 19.6 Å². The summed E-state index contributed by atoms with van der Waals surface area (Å²) in [6.07, 6.45) is 4.76. The van der Waals surface area contributed by atoms with E-state index < -0.39 is 18.6 Å². The van der Waals surface area contributed by atoms with E-state index >= 15 is 0 Å². The van der Waals surface area contributed by atoms with E-state index in [0.29, 0.717) is 56.3 Å². The number of aromatic nitrogens is 5. The zero-order valence-electron chi connectivity index (χ0n) is 31.2. The van der Waals surface area contributed by atoms with Gasteiger partial charge in [0.05, 0.1) is 35.4 Å². The number of nitrogens with one attached hydrogen (secondary N) is 1. The number of guanidine groups is 1. The van der Waals surface area contributed by atoms with Crippen LogP contribution in [0, 0.1) is 22.2 Å². The topological polar surface area (TPSA) is 171 Å². The van der Waals surface area contributed by atoms with Crippen LogP contribution in [-0.4, -0.2) is 79.8 Å². The van der Waals surface area contributed by atoms with Crippen molar-refractivity contribution < 1.29 is 23.1 Å². The van der Waals surface area contributed by atoms with Gasteiger partial charge in [-0.05, 0) is 41.2 Å². The minimum absolute atomic E-state index is 0.0514. The Hall–Kier alpha value is -5.20. The number of alkyl halides is 2. The molecule has 2 aliphatic heterocycles. The van der Waals surface area contributed by atoms with E-state index in [2.05, 4.69) is 59.0 Å². The monoisotopic (exact) mass is 752 g/mol. The zero-order chi connectivity index (χ0) is 39.5. The molecule has 2 unspecified atom stereocenters. The molecule has 2 atom stereocenters. The van der Waals surface area contributed by atoms with E-state index in [1.807, 2.05) is 20.8 Å². The first-order valence-corrected chi connectivity index (χ1v) is 17.3. The molecule has 0 radical (unpaired) electrons. The first-order chi connectivity index (χ1) is 25.1. The number of likely N-dealkylation sites (tertiary alicyclic amines) is 1. The summed E-state index contributed by atoms with van der Waals surface area (Å²) in [4.78, 5) is 35.1. The quantitative estimate of drug-likeness (QED) is 0.172. The minimum Gasteiger partial charge on any atom is -0.382 e. The van der Waals surface area contributed by atoms with Crippen molar-refractivity contribution in [1.82, 2.24) is 34.8 Å². The van der Waals surface area contributed by atoms with Crippen LogP contribution in [0.4, 0.5) is 8.78 Å². The first kappa shape index (κ1) is 42.2. The summed E-state index contributed by atoms with van der Waals surface area (Å²) in [6.45, 7) is 13.2. The smallest absolute Gasteiger partial charge is 0.333 e. The van der Waals surface area contributed by atoms with Gasteiger partial charge in [-0.2, -0.15) is 24.2 Å². The molecular formula is C37H47ClF2N10O3. The third-order valence-electron chi connectivity index (χ3n) is 7.55. The molecule has 2 aromatic carbocycles. The van der Waals surface area contributed by atoms with Crippen LogP contribution < -0.4 is 5.73 Å². The van der Waals surface area contributed by atoms with Crippen LogP contribution in [-0.2, 0) is 14.3 Å². The van der Waals surface area contributed by atoms with E-state index in [0.717, 1.165) is 12.0 Å². The first-order valence-electron chi connectivity index (χ1n) is 16.9. The second-order valence-electron chi connectivity index (χ2n) is 13.9. The van der Waals surface area contributed by atoms with Crippen molar-refractivity contribution >= 4 is 29.9 Å². The number of hydrogen-bond acceptors (Lipinski definition) is 9. The van der Waals surface area contributed by atoms with Crippen LogP contribution in [0.1, 0.15) is 78.2 Å². The zero-order valence-corrected chi connectivity index (χ0v) is 32.0. The highest BCUT2D eigenvalue weighted by Crippen LogP contribution is 2.36. The standard InChI is InChI=1S/C24H21ClF2N8O2.C6H8N2O.C5H12.C2H6/c1-37-11-19(15-6-7-18(25)17(8-15)21-29-12-30-33-21)35-22(36)20(32-24(35)28)14-4-2-13(3-5-14)16-9-31-34(10-16)23(26)27;1-6(2-7)3-8(4-6)5-9;1-5(2,3)4;1-2/h2-10,12,19-20,23H,11H2,1H3,(H2,28,32)(H,29,30,33);5H,3-4H2,1H3;1-4H3;1-2H3. The molecule has 53 heavy (non-hydrogen) atoms. The highest BCUT2D eigenvalue weighted by atomic mass is 35.5. The van der Waals surface area contributed by atoms with Gasteiger partial charge in [-0.15, -0.1) is 0 Å². The summed E-state index contributed by atoms with van der Waals surface area (Å²) < 4.78 is 31.7. The number of carbonyl (C=O) groups is 2. The highest BCUT2D eigenvalue weighted by Gasteiger charge is 2.40. The molecule has 1 saturated heterocycles. The number of hydrogen-bond donors (Lipinski definition) is 2. The Morgan fingerprint density at radius 1 is 1.15 bits per heavy atom. The number of amides is 2. The van der Waals surface area contributed by atoms with Gasteiger partial charge in [0.2, 0.25) is 6.41 Å². The summed E-state index contributed by atoms with van der Waals surface area (Å²) in [5, 5.41) is 19.2. The molecule has 4 aromatic rings. The van der Waals surface area contributed by atoms with Gasteiger partial charge in [-0.25, -0.2) is 14.7 Å². The Labute approximate surface area is 313 Å². The van der Waals surface area contributed by atoms with Crippen molar-refractivity contribution in [3.63, 3.8) is 0 Å². The average molecular weight is 753 g/mol. The fourth-order valence-corrected chi connectivity index (χ4v) is 5.42. The molecule has 2 amide bonds. The van der Waals surface area contributed by atoms with Gasteiger partial charge in [0.1, 0.15) is 6.33 Å². The second-order valence-corrected chi connectivity index (χ2v) is 14.3. The predicted octanol–water partition coefficient (Wildman–Crippen LogP) is 7.04. The fraction of sp³-hybridized carbons (Fsp3) is 0.432. The Morgan fingerprint density at radius 2 is 1.79 bits per heavy atom. The molecule has 6 rings (SSSR count). The van der Waals surface area contributed by atoms with E-state index in [1.165, 1.54) is 30.7 Å². The molecule has 2 aliphatic rings. The molecule has 16 heteroatoms. The number of ether oxygens (including phenoxy) is 1. The lowest BCUT2D eigenvalue weighted by molar-refractivity contribution is -0.130. The molecule has 0 aliphatic carbocycles. The fourth-order valence-electron chi connectivity index (χ4n) is 5.22. The number of aromatic amines is 1. The number of rotatable bonds is 9. The number of H-pyrrole nitrogens is 1. The summed E-state index contributed by atoms with van der Waals surface area (Å²) in [5.41, 5.74) is 9.62. The number of nitrogens with zero attached hydrogens (tertiary/aromatic N) is 8.